The van der Waals surface area contributed by atoms with E-state index in [1.807, 2.05) is 12.1 Å². The lowest BCUT2D eigenvalue weighted by atomic mass is 9.44. The van der Waals surface area contributed by atoms with E-state index in [4.69, 9.17) is 14.2 Å². The van der Waals surface area contributed by atoms with Crippen molar-refractivity contribution >= 4 is 5.78 Å². The Morgan fingerprint density at radius 3 is 2.52 bits per heavy atom. The van der Waals surface area contributed by atoms with Crippen LogP contribution in [0.15, 0.2) is 18.2 Å². The summed E-state index contributed by atoms with van der Waals surface area (Å²) in [5.41, 5.74) is 1.08. The second-order valence-corrected chi connectivity index (χ2v) is 14.6. The van der Waals surface area contributed by atoms with Crippen molar-refractivity contribution in [3.05, 3.63) is 29.6 Å². The Labute approximate surface area is 253 Å². The lowest BCUT2D eigenvalue weighted by molar-refractivity contribution is -0.229. The summed E-state index contributed by atoms with van der Waals surface area (Å²) >= 11 is 0. The fourth-order valence-electron chi connectivity index (χ4n) is 10.4. The number of Topliss-reactive ketones (excluding diaryl/α,β-unsaturated/α-hetero) is 1. The third-order valence-electron chi connectivity index (χ3n) is 12.9. The van der Waals surface area contributed by atoms with Gasteiger partial charge in [-0.15, -0.1) is 0 Å². The van der Waals surface area contributed by atoms with Gasteiger partial charge in [-0.2, -0.15) is 0 Å². The number of ether oxygens (including phenoxy) is 3. The van der Waals surface area contributed by atoms with Gasteiger partial charge in [0.1, 0.15) is 5.78 Å². The zero-order valence-electron chi connectivity index (χ0n) is 26.5. The lowest BCUT2D eigenvalue weighted by Gasteiger charge is -2.61. The Morgan fingerprint density at radius 2 is 1.79 bits per heavy atom. The number of ketones is 1. The lowest BCUT2D eigenvalue weighted by Crippen LogP contribution is -2.56. The van der Waals surface area contributed by atoms with Crippen molar-refractivity contribution in [1.29, 1.82) is 0 Å². The van der Waals surface area contributed by atoms with Crippen LogP contribution in [0.4, 0.5) is 4.39 Å². The van der Waals surface area contributed by atoms with E-state index in [9.17, 15) is 9.18 Å². The van der Waals surface area contributed by atoms with Gasteiger partial charge in [0, 0.05) is 36.8 Å². The third kappa shape index (κ3) is 5.26. The molecule has 6 heteroatoms. The van der Waals surface area contributed by atoms with Gasteiger partial charge in [-0.3, -0.25) is 4.79 Å². The first-order valence-corrected chi connectivity index (χ1v) is 17.3. The molecular weight excluding hydrogens is 529 g/mol. The molecule has 42 heavy (non-hydrogen) atoms. The molecule has 1 heterocycles. The van der Waals surface area contributed by atoms with Crippen molar-refractivity contribution in [3.8, 4) is 5.75 Å². The molecule has 234 valence electrons. The summed E-state index contributed by atoms with van der Waals surface area (Å²) in [4.78, 5) is 13.6. The summed E-state index contributed by atoms with van der Waals surface area (Å²) in [5.74, 6) is 2.46. The Bertz CT molecular complexity index is 1120. The summed E-state index contributed by atoms with van der Waals surface area (Å²) in [6.45, 7) is 11.0. The molecule has 7 atom stereocenters. The predicted molar refractivity (Wildman–Crippen MR) is 163 cm³/mol. The van der Waals surface area contributed by atoms with Gasteiger partial charge in [0.15, 0.2) is 17.4 Å². The smallest absolute Gasteiger partial charge is 0.168 e. The molecule has 1 aromatic rings. The zero-order valence-corrected chi connectivity index (χ0v) is 26.5. The van der Waals surface area contributed by atoms with Gasteiger partial charge < -0.3 is 19.5 Å². The van der Waals surface area contributed by atoms with E-state index in [0.717, 1.165) is 76.6 Å². The molecule has 5 unspecified atom stereocenters. The summed E-state index contributed by atoms with van der Waals surface area (Å²) in [6, 6.07) is 5.93. The summed E-state index contributed by atoms with van der Waals surface area (Å²) in [7, 11) is 0. The summed E-state index contributed by atoms with van der Waals surface area (Å²) in [5, 5.41) is 3.74. The van der Waals surface area contributed by atoms with Crippen molar-refractivity contribution in [2.75, 3.05) is 19.8 Å². The summed E-state index contributed by atoms with van der Waals surface area (Å²) in [6.07, 6.45) is 13.2. The van der Waals surface area contributed by atoms with Crippen molar-refractivity contribution in [3.63, 3.8) is 0 Å². The second kappa shape index (κ2) is 12.1. The molecule has 1 aromatic carbocycles. The SMILES string of the molecule is CCC(CC)NC(CC)c1ccc(F)c(OCC[C@]23CCC4C(CCC5CC6(CC[C@@]54C)OCCO6)C2CCC3=O)c1. The molecule has 5 nitrogen and oxygen atoms in total. The van der Waals surface area contributed by atoms with Crippen molar-refractivity contribution in [2.24, 2.45) is 34.5 Å². The molecule has 0 aromatic heterocycles. The van der Waals surface area contributed by atoms with Gasteiger partial charge in [0.05, 0.1) is 19.8 Å². The van der Waals surface area contributed by atoms with Crippen LogP contribution in [0.5, 0.6) is 5.75 Å². The molecule has 5 aliphatic rings. The number of fused-ring (bicyclic) bond motifs is 5. The van der Waals surface area contributed by atoms with Crippen LogP contribution in [-0.4, -0.2) is 37.4 Å². The van der Waals surface area contributed by atoms with Gasteiger partial charge in [-0.1, -0.05) is 33.8 Å². The maximum Gasteiger partial charge on any atom is 0.168 e. The Hall–Kier alpha value is -1.50. The first-order valence-electron chi connectivity index (χ1n) is 17.3. The molecule has 0 amide bonds. The number of carbonyl (C=O) groups excluding carboxylic acids is 1. The van der Waals surface area contributed by atoms with E-state index in [-0.39, 0.29) is 23.1 Å². The molecule has 0 radical (unpaired) electrons. The van der Waals surface area contributed by atoms with E-state index < -0.39 is 0 Å². The van der Waals surface area contributed by atoms with E-state index in [0.29, 0.717) is 66.1 Å². The molecule has 0 bridgehead atoms. The van der Waals surface area contributed by atoms with Crippen LogP contribution in [0.3, 0.4) is 0 Å². The summed E-state index contributed by atoms with van der Waals surface area (Å²) < 4.78 is 33.4. The molecule has 6 rings (SSSR count). The average Bonchev–Trinajstić information content (AvgIpc) is 3.59. The van der Waals surface area contributed by atoms with Crippen molar-refractivity contribution < 1.29 is 23.4 Å². The van der Waals surface area contributed by atoms with Gasteiger partial charge in [0.25, 0.3) is 0 Å². The molecule has 4 aliphatic carbocycles. The number of carbonyl (C=O) groups is 1. The highest BCUT2D eigenvalue weighted by atomic mass is 19.1. The van der Waals surface area contributed by atoms with Crippen LogP contribution < -0.4 is 10.1 Å². The maximum absolute atomic E-state index is 14.9. The van der Waals surface area contributed by atoms with Crippen LogP contribution >= 0.6 is 0 Å². The fourth-order valence-corrected chi connectivity index (χ4v) is 10.4. The minimum Gasteiger partial charge on any atom is -0.490 e. The predicted octanol–water partition coefficient (Wildman–Crippen LogP) is 8.16. The second-order valence-electron chi connectivity index (χ2n) is 14.6. The molecule has 1 saturated heterocycles. The highest BCUT2D eigenvalue weighted by Gasteiger charge is 2.63. The molecule has 1 spiro atoms. The number of hydrogen-bond acceptors (Lipinski definition) is 5. The molecule has 4 saturated carbocycles. The monoisotopic (exact) mass is 583 g/mol. The van der Waals surface area contributed by atoms with E-state index >= 15 is 0 Å². The van der Waals surface area contributed by atoms with Gasteiger partial charge in [-0.25, -0.2) is 4.39 Å². The highest BCUT2D eigenvalue weighted by molar-refractivity contribution is 5.87. The van der Waals surface area contributed by atoms with E-state index in [2.05, 4.69) is 33.0 Å². The minimum absolute atomic E-state index is 0.172. The van der Waals surface area contributed by atoms with Crippen LogP contribution in [0.25, 0.3) is 0 Å². The molecule has 1 aliphatic heterocycles. The fraction of sp³-hybridized carbons (Fsp3) is 0.806. The Balaban J connectivity index is 1.13. The number of rotatable bonds is 10. The van der Waals surface area contributed by atoms with Gasteiger partial charge in [-0.05, 0) is 111 Å². The molecular formula is C36H54FNO4. The van der Waals surface area contributed by atoms with Crippen LogP contribution in [-0.2, 0) is 14.3 Å². The van der Waals surface area contributed by atoms with E-state index in [1.165, 1.54) is 12.8 Å². The van der Waals surface area contributed by atoms with Crippen LogP contribution in [0.2, 0.25) is 0 Å². The van der Waals surface area contributed by atoms with Crippen molar-refractivity contribution in [1.82, 2.24) is 5.32 Å². The highest BCUT2D eigenvalue weighted by Crippen LogP contribution is 2.67. The van der Waals surface area contributed by atoms with E-state index in [1.54, 1.807) is 6.07 Å². The minimum atomic E-state index is -0.330. The Morgan fingerprint density at radius 1 is 1.00 bits per heavy atom. The largest absolute Gasteiger partial charge is 0.490 e. The van der Waals surface area contributed by atoms with Crippen LogP contribution in [0, 0.1) is 40.3 Å². The number of nitrogens with one attached hydrogen (secondary N) is 1. The normalized spacial score (nSPS) is 36.1. The molecule has 1 N–H and O–H groups in total. The quantitative estimate of drug-likeness (QED) is 0.301. The average molecular weight is 584 g/mol. The number of halogens is 1. The number of hydrogen-bond donors (Lipinski definition) is 1. The van der Waals surface area contributed by atoms with Crippen LogP contribution in [0.1, 0.15) is 123 Å². The van der Waals surface area contributed by atoms with Gasteiger partial charge in [0.2, 0.25) is 0 Å². The Kier molecular flexibility index (Phi) is 8.81. The first kappa shape index (κ1) is 30.5. The maximum atomic E-state index is 14.9. The first-order chi connectivity index (χ1) is 20.3. The van der Waals surface area contributed by atoms with Crippen molar-refractivity contribution in [2.45, 2.75) is 129 Å². The topological polar surface area (TPSA) is 56.8 Å². The third-order valence-corrected chi connectivity index (χ3v) is 12.9. The molecule has 5 fully saturated rings. The number of benzene rings is 1. The zero-order chi connectivity index (χ0) is 29.5. The van der Waals surface area contributed by atoms with Gasteiger partial charge >= 0.3 is 0 Å². The standard InChI is InChI=1S/C36H54FNO4/c1-5-26(6-2)38-31(7-3)24-8-12-30(37)32(22-24)40-19-18-35-15-14-28-27(29(35)11-13-33(35)39)10-9-25-23-36(41-20-21-42-36)17-16-34(25,28)4/h8,12,22,25-29,31,38H,5-7,9-11,13-21,23H2,1-4H3/t25?,27?,28?,29?,31?,34-,35+/m0/s1.